The molecule has 160 valence electrons. The fourth-order valence-electron chi connectivity index (χ4n) is 4.47. The maximum Gasteiger partial charge on any atom is 0.228 e. The fraction of sp³-hybridized carbons (Fsp3) is 0.458. The molecule has 0 saturated carbocycles. The molecule has 1 fully saturated rings. The smallest absolute Gasteiger partial charge is 0.228 e. The third kappa shape index (κ3) is 4.60. The minimum atomic E-state index is -0.575. The van der Waals surface area contributed by atoms with Gasteiger partial charge < -0.3 is 20.1 Å². The molecule has 2 N–H and O–H groups in total. The Bertz CT molecular complexity index is 887. The second kappa shape index (κ2) is 8.66. The summed E-state index contributed by atoms with van der Waals surface area (Å²) in [5.74, 6) is 0.699. The Kier molecular flexibility index (Phi) is 5.97. The first kappa shape index (κ1) is 20.7. The number of β-amino-alcohol motifs (C(OH)–C–C–N with tert-alkyl or cyclic N) is 1. The molecule has 2 heterocycles. The number of piperazine rings is 1. The van der Waals surface area contributed by atoms with Gasteiger partial charge in [0.2, 0.25) is 5.91 Å². The molecule has 2 aliphatic heterocycles. The first-order valence-corrected chi connectivity index (χ1v) is 10.7. The molecule has 0 aliphatic carbocycles. The third-order valence-corrected chi connectivity index (χ3v) is 6.07. The van der Waals surface area contributed by atoms with Gasteiger partial charge in [0, 0.05) is 43.1 Å². The minimum Gasteiger partial charge on any atom is -0.491 e. The highest BCUT2D eigenvalue weighted by molar-refractivity contribution is 5.99. The lowest BCUT2D eigenvalue weighted by Crippen LogP contribution is -2.58. The van der Waals surface area contributed by atoms with Gasteiger partial charge in [-0.2, -0.15) is 0 Å². The summed E-state index contributed by atoms with van der Waals surface area (Å²) in [4.78, 5) is 16.3. The second-order valence-corrected chi connectivity index (χ2v) is 8.64. The van der Waals surface area contributed by atoms with Crippen LogP contribution in [0, 0.1) is 6.92 Å². The van der Waals surface area contributed by atoms with E-state index >= 15 is 0 Å². The molecule has 1 saturated heterocycles. The van der Waals surface area contributed by atoms with Crippen LogP contribution in [0.2, 0.25) is 0 Å². The summed E-state index contributed by atoms with van der Waals surface area (Å²) in [6.07, 6.45) is -0.191. The Labute approximate surface area is 178 Å². The number of benzene rings is 2. The molecule has 3 atom stereocenters. The first-order valence-electron chi connectivity index (χ1n) is 10.7. The van der Waals surface area contributed by atoms with Crippen LogP contribution in [0.3, 0.4) is 0 Å². The van der Waals surface area contributed by atoms with Crippen molar-refractivity contribution in [3.8, 4) is 5.75 Å². The summed E-state index contributed by atoms with van der Waals surface area (Å²) in [6, 6.07) is 14.9. The molecule has 6 nitrogen and oxygen atoms in total. The quantitative estimate of drug-likeness (QED) is 0.768. The number of hydrogen-bond acceptors (Lipinski definition) is 5. The van der Waals surface area contributed by atoms with Crippen LogP contribution in [0.4, 0.5) is 11.4 Å². The van der Waals surface area contributed by atoms with Crippen molar-refractivity contribution in [1.82, 2.24) is 4.90 Å². The van der Waals surface area contributed by atoms with Crippen molar-refractivity contribution in [3.63, 3.8) is 0 Å². The summed E-state index contributed by atoms with van der Waals surface area (Å²) >= 11 is 0. The second-order valence-electron chi connectivity index (χ2n) is 8.64. The van der Waals surface area contributed by atoms with Crippen molar-refractivity contribution >= 4 is 17.3 Å². The van der Waals surface area contributed by atoms with E-state index in [2.05, 4.69) is 60.2 Å². The third-order valence-electron chi connectivity index (χ3n) is 6.07. The number of ether oxygens (including phenoxy) is 1. The van der Waals surface area contributed by atoms with E-state index in [1.165, 1.54) is 11.3 Å². The Morgan fingerprint density at radius 3 is 2.53 bits per heavy atom. The number of nitrogens with zero attached hydrogens (tertiary/aromatic N) is 2. The Hall–Kier alpha value is -2.57. The van der Waals surface area contributed by atoms with E-state index in [1.54, 1.807) is 0 Å². The van der Waals surface area contributed by atoms with E-state index in [0.29, 0.717) is 30.8 Å². The number of anilines is 2. The van der Waals surface area contributed by atoms with Crippen molar-refractivity contribution in [3.05, 3.63) is 53.6 Å². The molecule has 1 amide bonds. The van der Waals surface area contributed by atoms with E-state index in [4.69, 9.17) is 4.74 Å². The molecule has 4 rings (SSSR count). The van der Waals surface area contributed by atoms with E-state index < -0.39 is 6.10 Å². The number of aryl methyl sites for hydroxylation is 1. The van der Waals surface area contributed by atoms with Gasteiger partial charge in [0.1, 0.15) is 18.5 Å². The molecular weight excluding hydrogens is 378 g/mol. The molecule has 2 aromatic carbocycles. The van der Waals surface area contributed by atoms with Crippen molar-refractivity contribution in [1.29, 1.82) is 0 Å². The average Bonchev–Trinajstić information content (AvgIpc) is 3.09. The summed E-state index contributed by atoms with van der Waals surface area (Å²) in [7, 11) is 0. The number of amides is 1. The van der Waals surface area contributed by atoms with Crippen molar-refractivity contribution < 1.29 is 14.6 Å². The van der Waals surface area contributed by atoms with E-state index in [1.807, 2.05) is 18.2 Å². The molecule has 0 unspecified atom stereocenters. The normalized spacial score (nSPS) is 22.5. The number of aliphatic hydroxyl groups is 1. The zero-order valence-corrected chi connectivity index (χ0v) is 18.0. The number of aliphatic hydroxyl groups excluding tert-OH is 1. The zero-order valence-electron chi connectivity index (χ0n) is 18.0. The van der Waals surface area contributed by atoms with E-state index in [9.17, 15) is 9.90 Å². The highest BCUT2D eigenvalue weighted by Crippen LogP contribution is 2.27. The molecule has 2 aromatic rings. The summed E-state index contributed by atoms with van der Waals surface area (Å²) < 4.78 is 5.82. The van der Waals surface area contributed by atoms with Crippen LogP contribution in [0.15, 0.2) is 42.5 Å². The van der Waals surface area contributed by atoms with Crippen LogP contribution in [0.5, 0.6) is 5.75 Å². The summed E-state index contributed by atoms with van der Waals surface area (Å²) in [6.45, 7) is 9.23. The van der Waals surface area contributed by atoms with Gasteiger partial charge in [-0.25, -0.2) is 0 Å². The summed E-state index contributed by atoms with van der Waals surface area (Å²) in [5, 5.41) is 13.4. The summed E-state index contributed by atoms with van der Waals surface area (Å²) in [5.41, 5.74) is 4.32. The fourth-order valence-corrected chi connectivity index (χ4v) is 4.47. The van der Waals surface area contributed by atoms with Crippen LogP contribution in [0.1, 0.15) is 25.0 Å². The van der Waals surface area contributed by atoms with Gasteiger partial charge >= 0.3 is 0 Å². The number of hydrogen-bond donors (Lipinski definition) is 2. The zero-order chi connectivity index (χ0) is 21.3. The lowest BCUT2D eigenvalue weighted by atomic mass is 10.1. The highest BCUT2D eigenvalue weighted by Gasteiger charge is 2.31. The molecule has 2 aliphatic rings. The standard InChI is InChI=1S/C24H31N3O3/c1-16-4-6-20(7-5-16)26-12-17(2)27(18(3)13-26)14-21(28)15-30-22-8-9-23-19(10-22)11-24(29)25-23/h4-10,17-18,21,28H,11-15H2,1-3H3,(H,25,29)/t17-,18+,21-/m0/s1. The Morgan fingerprint density at radius 1 is 1.13 bits per heavy atom. The van der Waals surface area contributed by atoms with E-state index in [-0.39, 0.29) is 12.5 Å². The lowest BCUT2D eigenvalue weighted by Gasteiger charge is -2.46. The highest BCUT2D eigenvalue weighted by atomic mass is 16.5. The van der Waals surface area contributed by atoms with Gasteiger partial charge in [0.05, 0.1) is 6.42 Å². The molecular formula is C24H31N3O3. The van der Waals surface area contributed by atoms with Crippen LogP contribution in [-0.2, 0) is 11.2 Å². The van der Waals surface area contributed by atoms with Crippen LogP contribution < -0.4 is 15.0 Å². The molecule has 0 radical (unpaired) electrons. The van der Waals surface area contributed by atoms with Gasteiger partial charge in [-0.1, -0.05) is 17.7 Å². The van der Waals surface area contributed by atoms with Gasteiger partial charge in [-0.05, 0) is 56.7 Å². The number of carbonyl (C=O) groups is 1. The topological polar surface area (TPSA) is 65.0 Å². The van der Waals surface area contributed by atoms with Gasteiger partial charge in [0.15, 0.2) is 0 Å². The molecule has 0 bridgehead atoms. The molecule has 0 spiro atoms. The lowest BCUT2D eigenvalue weighted by molar-refractivity contribution is -0.115. The van der Waals surface area contributed by atoms with Crippen molar-refractivity contribution in [2.75, 3.05) is 36.5 Å². The van der Waals surface area contributed by atoms with Crippen molar-refractivity contribution in [2.45, 2.75) is 45.4 Å². The average molecular weight is 410 g/mol. The molecule has 6 heteroatoms. The van der Waals surface area contributed by atoms with Gasteiger partial charge in [-0.15, -0.1) is 0 Å². The van der Waals surface area contributed by atoms with Crippen LogP contribution in [-0.4, -0.2) is 60.3 Å². The van der Waals surface area contributed by atoms with Crippen molar-refractivity contribution in [2.24, 2.45) is 0 Å². The van der Waals surface area contributed by atoms with Crippen LogP contribution >= 0.6 is 0 Å². The number of rotatable bonds is 6. The largest absolute Gasteiger partial charge is 0.491 e. The van der Waals surface area contributed by atoms with Gasteiger partial charge in [-0.3, -0.25) is 9.69 Å². The SMILES string of the molecule is Cc1ccc(N2C[C@@H](C)N(C[C@H](O)COc3ccc4c(c3)CC(=O)N4)[C@@H](C)C2)cc1. The number of carbonyl (C=O) groups excluding carboxylic acids is 1. The minimum absolute atomic E-state index is 0.00920. The Balaban J connectivity index is 1.30. The van der Waals surface area contributed by atoms with E-state index in [0.717, 1.165) is 24.3 Å². The Morgan fingerprint density at radius 2 is 1.83 bits per heavy atom. The first-order chi connectivity index (χ1) is 14.4. The maximum atomic E-state index is 11.5. The number of fused-ring (bicyclic) bond motifs is 1. The van der Waals surface area contributed by atoms with Gasteiger partial charge in [0.25, 0.3) is 0 Å². The molecule has 30 heavy (non-hydrogen) atoms. The number of nitrogens with one attached hydrogen (secondary N) is 1. The van der Waals surface area contributed by atoms with Crippen LogP contribution in [0.25, 0.3) is 0 Å². The predicted molar refractivity (Wildman–Crippen MR) is 119 cm³/mol. The predicted octanol–water partition coefficient (Wildman–Crippen LogP) is 2.83. The molecule has 0 aromatic heterocycles. The maximum absolute atomic E-state index is 11.5. The monoisotopic (exact) mass is 409 g/mol.